The van der Waals surface area contributed by atoms with Gasteiger partial charge in [-0.3, -0.25) is 4.79 Å². The Hall–Kier alpha value is -1.51. The molecule has 1 aliphatic carbocycles. The summed E-state index contributed by atoms with van der Waals surface area (Å²) in [4.78, 5) is 10.3. The minimum Gasteiger partial charge on any atom is -0.512 e. The van der Waals surface area contributed by atoms with E-state index in [1.54, 1.807) is 12.2 Å². The summed E-state index contributed by atoms with van der Waals surface area (Å²) in [5.41, 5.74) is 0.937. The molecule has 0 radical (unpaired) electrons. The van der Waals surface area contributed by atoms with Gasteiger partial charge in [0.05, 0.1) is 5.76 Å². The summed E-state index contributed by atoms with van der Waals surface area (Å²) < 4.78 is 0. The molecule has 0 aromatic rings. The molecule has 0 aromatic heterocycles. The highest BCUT2D eigenvalue weighted by molar-refractivity contribution is 5.67. The van der Waals surface area contributed by atoms with Crippen molar-refractivity contribution >= 4 is 5.97 Å². The van der Waals surface area contributed by atoms with E-state index in [0.717, 1.165) is 5.57 Å². The van der Waals surface area contributed by atoms with Crippen molar-refractivity contribution in [1.82, 2.24) is 0 Å². The van der Waals surface area contributed by atoms with Crippen molar-refractivity contribution in [3.63, 3.8) is 0 Å². The van der Waals surface area contributed by atoms with Crippen molar-refractivity contribution in [2.45, 2.75) is 19.3 Å². The average Bonchev–Trinajstić information content (AvgIpc) is 2.27. The third-order valence-electron chi connectivity index (χ3n) is 1.78. The van der Waals surface area contributed by atoms with Gasteiger partial charge in [0.2, 0.25) is 0 Å². The zero-order valence-electron chi connectivity index (χ0n) is 7.23. The van der Waals surface area contributed by atoms with Crippen LogP contribution < -0.4 is 0 Å². The average molecular weight is 180 g/mol. The first kappa shape index (κ1) is 9.58. The first-order valence-corrected chi connectivity index (χ1v) is 4.15. The Labute approximate surface area is 76.7 Å². The van der Waals surface area contributed by atoms with Gasteiger partial charge in [0.15, 0.2) is 0 Å². The maximum atomic E-state index is 10.3. The van der Waals surface area contributed by atoms with Crippen LogP contribution in [-0.4, -0.2) is 16.2 Å². The summed E-state index contributed by atoms with van der Waals surface area (Å²) in [5.74, 6) is -0.492. The van der Waals surface area contributed by atoms with E-state index in [2.05, 4.69) is 0 Å². The molecule has 0 aromatic carbocycles. The van der Waals surface area contributed by atoms with Crippen molar-refractivity contribution < 1.29 is 15.0 Å². The molecule has 70 valence electrons. The fourth-order valence-corrected chi connectivity index (χ4v) is 1.08. The highest BCUT2D eigenvalue weighted by atomic mass is 16.4. The molecule has 0 unspecified atom stereocenters. The van der Waals surface area contributed by atoms with Crippen molar-refractivity contribution in [3.05, 3.63) is 35.6 Å². The minimum atomic E-state index is -0.799. The molecule has 1 aliphatic rings. The number of hydrogen-bond donors (Lipinski definition) is 2. The SMILES string of the molecule is O=C(O)CCC1=CC=C(O)CC=C1. The standard InChI is InChI=1S/C10H12O3/c11-9-3-1-2-8(4-6-9)5-7-10(12)13/h1-2,4,6,11H,3,5,7H2,(H,12,13). The molecular formula is C10H12O3. The lowest BCUT2D eigenvalue weighted by Gasteiger charge is -1.95. The van der Waals surface area contributed by atoms with Crippen LogP contribution in [-0.2, 0) is 4.79 Å². The van der Waals surface area contributed by atoms with E-state index in [4.69, 9.17) is 10.2 Å². The van der Waals surface area contributed by atoms with E-state index < -0.39 is 5.97 Å². The monoisotopic (exact) mass is 180 g/mol. The number of aliphatic carboxylic acids is 1. The molecule has 0 saturated heterocycles. The Morgan fingerprint density at radius 1 is 1.46 bits per heavy atom. The Morgan fingerprint density at radius 3 is 2.92 bits per heavy atom. The van der Waals surface area contributed by atoms with E-state index in [0.29, 0.717) is 18.6 Å². The second kappa shape index (κ2) is 4.50. The number of aliphatic hydroxyl groups is 1. The predicted molar refractivity (Wildman–Crippen MR) is 49.4 cm³/mol. The largest absolute Gasteiger partial charge is 0.512 e. The fourth-order valence-electron chi connectivity index (χ4n) is 1.08. The molecule has 0 atom stereocenters. The first-order chi connectivity index (χ1) is 6.18. The Balaban J connectivity index is 2.54. The normalized spacial score (nSPS) is 16.0. The molecule has 0 spiro atoms. The van der Waals surface area contributed by atoms with E-state index in [1.165, 1.54) is 0 Å². The summed E-state index contributed by atoms with van der Waals surface area (Å²) in [5, 5.41) is 17.6. The minimum absolute atomic E-state index is 0.130. The molecule has 0 fully saturated rings. The number of rotatable bonds is 3. The maximum Gasteiger partial charge on any atom is 0.303 e. The van der Waals surface area contributed by atoms with E-state index in [1.807, 2.05) is 12.2 Å². The van der Waals surface area contributed by atoms with Crippen LogP contribution in [0.3, 0.4) is 0 Å². The second-order valence-corrected chi connectivity index (χ2v) is 2.90. The number of carboxylic acids is 1. The maximum absolute atomic E-state index is 10.3. The van der Waals surface area contributed by atoms with Gasteiger partial charge >= 0.3 is 5.97 Å². The fraction of sp³-hybridized carbons (Fsp3) is 0.300. The highest BCUT2D eigenvalue weighted by Crippen LogP contribution is 2.13. The van der Waals surface area contributed by atoms with Crippen LogP contribution >= 0.6 is 0 Å². The molecule has 2 N–H and O–H groups in total. The van der Waals surface area contributed by atoms with Gasteiger partial charge in [-0.15, -0.1) is 0 Å². The lowest BCUT2D eigenvalue weighted by molar-refractivity contribution is -0.136. The molecule has 3 nitrogen and oxygen atoms in total. The van der Waals surface area contributed by atoms with E-state index in [-0.39, 0.29) is 6.42 Å². The Bertz CT molecular complexity index is 285. The van der Waals surface area contributed by atoms with Gasteiger partial charge in [0.1, 0.15) is 0 Å². The molecule has 0 bridgehead atoms. The van der Waals surface area contributed by atoms with Crippen molar-refractivity contribution in [3.8, 4) is 0 Å². The number of carboxylic acid groups (broad SMARTS) is 1. The van der Waals surface area contributed by atoms with Crippen molar-refractivity contribution in [2.24, 2.45) is 0 Å². The molecule has 0 heterocycles. The smallest absolute Gasteiger partial charge is 0.303 e. The van der Waals surface area contributed by atoms with Gasteiger partial charge in [0.25, 0.3) is 0 Å². The zero-order valence-corrected chi connectivity index (χ0v) is 7.23. The predicted octanol–water partition coefficient (Wildman–Crippen LogP) is 2.18. The molecule has 0 amide bonds. The van der Waals surface area contributed by atoms with Gasteiger partial charge in [0, 0.05) is 12.8 Å². The molecule has 0 aliphatic heterocycles. The van der Waals surface area contributed by atoms with Crippen molar-refractivity contribution in [1.29, 1.82) is 0 Å². The quantitative estimate of drug-likeness (QED) is 0.699. The van der Waals surface area contributed by atoms with E-state index >= 15 is 0 Å². The summed E-state index contributed by atoms with van der Waals surface area (Å²) in [7, 11) is 0. The van der Waals surface area contributed by atoms with Gasteiger partial charge < -0.3 is 10.2 Å². The summed E-state index contributed by atoms with van der Waals surface area (Å²) >= 11 is 0. The second-order valence-electron chi connectivity index (χ2n) is 2.90. The number of aliphatic hydroxyl groups excluding tert-OH is 1. The summed E-state index contributed by atoms with van der Waals surface area (Å²) in [6, 6.07) is 0. The van der Waals surface area contributed by atoms with Crippen LogP contribution in [0.25, 0.3) is 0 Å². The Kier molecular flexibility index (Phi) is 3.31. The first-order valence-electron chi connectivity index (χ1n) is 4.15. The Morgan fingerprint density at radius 2 is 2.23 bits per heavy atom. The third kappa shape index (κ3) is 3.60. The molecule has 1 rings (SSSR count). The summed E-state index contributed by atoms with van der Waals surface area (Å²) in [6.45, 7) is 0. The van der Waals surface area contributed by atoms with E-state index in [9.17, 15) is 4.79 Å². The lowest BCUT2D eigenvalue weighted by Crippen LogP contribution is -1.94. The van der Waals surface area contributed by atoms with Crippen LogP contribution in [0.2, 0.25) is 0 Å². The molecule has 0 saturated carbocycles. The van der Waals surface area contributed by atoms with Crippen LogP contribution in [0.15, 0.2) is 35.6 Å². The number of allylic oxidation sites excluding steroid dienone is 5. The number of carbonyl (C=O) groups is 1. The summed E-state index contributed by atoms with van der Waals surface area (Å²) in [6.07, 6.45) is 8.20. The van der Waals surface area contributed by atoms with Crippen LogP contribution in [0, 0.1) is 0 Å². The van der Waals surface area contributed by atoms with Gasteiger partial charge in [-0.25, -0.2) is 0 Å². The van der Waals surface area contributed by atoms with Crippen LogP contribution in [0.1, 0.15) is 19.3 Å². The highest BCUT2D eigenvalue weighted by Gasteiger charge is 2.01. The van der Waals surface area contributed by atoms with Crippen LogP contribution in [0.5, 0.6) is 0 Å². The third-order valence-corrected chi connectivity index (χ3v) is 1.78. The molecular weight excluding hydrogens is 168 g/mol. The number of hydrogen-bond acceptors (Lipinski definition) is 2. The topological polar surface area (TPSA) is 57.5 Å². The molecule has 13 heavy (non-hydrogen) atoms. The van der Waals surface area contributed by atoms with Crippen molar-refractivity contribution in [2.75, 3.05) is 0 Å². The zero-order chi connectivity index (χ0) is 9.68. The lowest BCUT2D eigenvalue weighted by atomic mass is 10.1. The van der Waals surface area contributed by atoms with Gasteiger partial charge in [-0.2, -0.15) is 0 Å². The molecule has 3 heteroatoms. The van der Waals surface area contributed by atoms with Gasteiger partial charge in [-0.05, 0) is 18.1 Å². The van der Waals surface area contributed by atoms with Crippen LogP contribution in [0.4, 0.5) is 0 Å². The van der Waals surface area contributed by atoms with Gasteiger partial charge in [-0.1, -0.05) is 18.2 Å².